The van der Waals surface area contributed by atoms with Gasteiger partial charge in [0.05, 0.1) is 19.4 Å². The first-order valence-electron chi connectivity index (χ1n) is 7.08. The van der Waals surface area contributed by atoms with Crippen molar-refractivity contribution in [2.45, 2.75) is 19.1 Å². The molecule has 8 heteroatoms. The fourth-order valence-electron chi connectivity index (χ4n) is 2.58. The van der Waals surface area contributed by atoms with Crippen LogP contribution in [0.1, 0.15) is 10.8 Å². The van der Waals surface area contributed by atoms with Crippen molar-refractivity contribution in [2.75, 3.05) is 20.3 Å². The minimum Gasteiger partial charge on any atom is -0.623 e. The molecule has 2 aromatic rings. The van der Waals surface area contributed by atoms with Crippen molar-refractivity contribution in [1.29, 1.82) is 0 Å². The van der Waals surface area contributed by atoms with Crippen molar-refractivity contribution in [2.24, 2.45) is 0 Å². The van der Waals surface area contributed by atoms with E-state index in [1.165, 1.54) is 11.3 Å². The number of allylic oxidation sites excluding steroid dienone is 1. The first kappa shape index (κ1) is 15.3. The molecule has 3 rings (SSSR count). The summed E-state index contributed by atoms with van der Waals surface area (Å²) in [4.78, 5) is 2.00. The molecule has 0 bridgehead atoms. The molecule has 0 amide bonds. The predicted octanol–water partition coefficient (Wildman–Crippen LogP) is 1.68. The molecule has 2 atom stereocenters. The molecule has 1 aliphatic rings. The average molecular weight is 321 g/mol. The molecular formula is C14H19N5O2S. The Kier molecular flexibility index (Phi) is 4.37. The lowest BCUT2D eigenvalue weighted by atomic mass is 10.4. The topological polar surface area (TPSA) is 77.2 Å². The third-order valence-corrected chi connectivity index (χ3v) is 4.69. The van der Waals surface area contributed by atoms with Gasteiger partial charge in [0.1, 0.15) is 17.4 Å². The lowest BCUT2D eigenvalue weighted by Crippen LogP contribution is -2.55. The zero-order valence-electron chi connectivity index (χ0n) is 12.4. The van der Waals surface area contributed by atoms with Crippen LogP contribution < -0.4 is 9.96 Å². The summed E-state index contributed by atoms with van der Waals surface area (Å²) in [6, 6.07) is 3.72. The molecule has 3 heterocycles. The molecule has 1 fully saturated rings. The average Bonchev–Trinajstić information content (AvgIpc) is 3.18. The summed E-state index contributed by atoms with van der Waals surface area (Å²) in [7, 11) is 1.94. The van der Waals surface area contributed by atoms with Crippen molar-refractivity contribution in [1.82, 2.24) is 25.1 Å². The molecule has 1 saturated heterocycles. The summed E-state index contributed by atoms with van der Waals surface area (Å²) < 4.78 is 4.79. The standard InChI is InChI=1S/C14H19N5O2S/c1-3-5-13-16-17-14(22-13)19(20)10-18(2)9-12(19)15-8-11-6-4-7-21-11/h3-4,6-7,12,15H,1,5,8-10H2,2H3. The van der Waals surface area contributed by atoms with E-state index in [0.29, 0.717) is 31.3 Å². The van der Waals surface area contributed by atoms with E-state index in [1.54, 1.807) is 12.3 Å². The molecule has 0 radical (unpaired) electrons. The number of likely N-dealkylation sites (N-methyl/N-ethyl adjacent to an activating group) is 1. The number of hydrogen-bond acceptors (Lipinski definition) is 7. The predicted molar refractivity (Wildman–Crippen MR) is 85.8 cm³/mol. The fourth-order valence-corrected chi connectivity index (χ4v) is 3.50. The quantitative estimate of drug-likeness (QED) is 0.495. The van der Waals surface area contributed by atoms with E-state index in [1.807, 2.05) is 24.1 Å². The van der Waals surface area contributed by atoms with Gasteiger partial charge in [-0.05, 0) is 30.5 Å². The van der Waals surface area contributed by atoms with Gasteiger partial charge in [-0.1, -0.05) is 11.2 Å². The van der Waals surface area contributed by atoms with Crippen LogP contribution in [0, 0.1) is 5.21 Å². The van der Waals surface area contributed by atoms with Crippen molar-refractivity contribution >= 4 is 16.5 Å². The first-order valence-corrected chi connectivity index (χ1v) is 7.90. The molecule has 1 N–H and O–H groups in total. The monoisotopic (exact) mass is 321 g/mol. The summed E-state index contributed by atoms with van der Waals surface area (Å²) >= 11 is 1.36. The molecule has 7 nitrogen and oxygen atoms in total. The highest BCUT2D eigenvalue weighted by molar-refractivity contribution is 7.15. The third kappa shape index (κ3) is 2.96. The molecule has 118 valence electrons. The van der Waals surface area contributed by atoms with E-state index in [2.05, 4.69) is 22.1 Å². The van der Waals surface area contributed by atoms with Gasteiger partial charge < -0.3 is 9.62 Å². The Morgan fingerprint density at radius 2 is 2.50 bits per heavy atom. The van der Waals surface area contributed by atoms with E-state index in [0.717, 1.165) is 10.8 Å². The molecule has 0 aromatic carbocycles. The summed E-state index contributed by atoms with van der Waals surface area (Å²) in [5, 5.41) is 26.1. The maximum Gasteiger partial charge on any atom is 0.309 e. The van der Waals surface area contributed by atoms with E-state index in [4.69, 9.17) is 4.42 Å². The van der Waals surface area contributed by atoms with Gasteiger partial charge in [-0.3, -0.25) is 14.9 Å². The minimum atomic E-state index is -0.522. The molecule has 1 aliphatic heterocycles. The summed E-state index contributed by atoms with van der Waals surface area (Å²) in [5.41, 5.74) is 0. The second-order valence-electron chi connectivity index (χ2n) is 5.42. The zero-order chi connectivity index (χ0) is 15.6. The largest absolute Gasteiger partial charge is 0.623 e. The fraction of sp³-hybridized carbons (Fsp3) is 0.429. The maximum absolute atomic E-state index is 13.3. The third-order valence-electron chi connectivity index (χ3n) is 3.63. The number of aromatic nitrogens is 2. The Morgan fingerprint density at radius 3 is 3.23 bits per heavy atom. The normalized spacial score (nSPS) is 25.6. The number of hydrogen-bond donors (Lipinski definition) is 1. The lowest BCUT2D eigenvalue weighted by molar-refractivity contribution is 0.281. The molecule has 0 aliphatic carbocycles. The first-order chi connectivity index (χ1) is 10.6. The molecule has 2 unspecified atom stereocenters. The van der Waals surface area contributed by atoms with Gasteiger partial charge in [-0.25, -0.2) is 0 Å². The van der Waals surface area contributed by atoms with Crippen LogP contribution in [0.15, 0.2) is 35.5 Å². The van der Waals surface area contributed by atoms with Crippen LogP contribution in [0.5, 0.6) is 0 Å². The number of furan rings is 1. The SMILES string of the molecule is C=CCc1nnc([N+]2([O-])CN(C)CC2NCc2ccco2)s1. The van der Waals surface area contributed by atoms with E-state index in [9.17, 15) is 5.21 Å². The summed E-state index contributed by atoms with van der Waals surface area (Å²) in [6.07, 6.45) is 3.74. The highest BCUT2D eigenvalue weighted by Gasteiger charge is 2.42. The highest BCUT2D eigenvalue weighted by Crippen LogP contribution is 2.32. The number of rotatable bonds is 6. The van der Waals surface area contributed by atoms with Gasteiger partial charge in [0.2, 0.25) is 0 Å². The Bertz CT molecular complexity index is 629. The smallest absolute Gasteiger partial charge is 0.309 e. The Labute approximate surface area is 133 Å². The van der Waals surface area contributed by atoms with Gasteiger partial charge in [-0.15, -0.1) is 11.7 Å². The van der Waals surface area contributed by atoms with Crippen molar-refractivity contribution < 1.29 is 4.42 Å². The Morgan fingerprint density at radius 1 is 1.64 bits per heavy atom. The van der Waals surface area contributed by atoms with Gasteiger partial charge in [0, 0.05) is 6.42 Å². The molecule has 0 saturated carbocycles. The van der Waals surface area contributed by atoms with Crippen LogP contribution in [0.2, 0.25) is 0 Å². The van der Waals surface area contributed by atoms with E-state index in [-0.39, 0.29) is 6.17 Å². The van der Waals surface area contributed by atoms with Crippen LogP contribution in [0.4, 0.5) is 5.13 Å². The second-order valence-corrected chi connectivity index (χ2v) is 6.46. The van der Waals surface area contributed by atoms with Crippen molar-refractivity contribution in [3.63, 3.8) is 0 Å². The van der Waals surface area contributed by atoms with Gasteiger partial charge >= 0.3 is 5.13 Å². The van der Waals surface area contributed by atoms with Crippen LogP contribution in [-0.4, -0.2) is 41.5 Å². The van der Waals surface area contributed by atoms with Crippen molar-refractivity contribution in [3.8, 4) is 0 Å². The van der Waals surface area contributed by atoms with Crippen LogP contribution >= 0.6 is 11.3 Å². The molecular weight excluding hydrogens is 302 g/mol. The van der Waals surface area contributed by atoms with Gasteiger partial charge in [-0.2, -0.15) is 0 Å². The van der Waals surface area contributed by atoms with Gasteiger partial charge in [0.15, 0.2) is 6.17 Å². The highest BCUT2D eigenvalue weighted by atomic mass is 32.1. The number of hydroxylamine groups is 2. The minimum absolute atomic E-state index is 0.292. The molecule has 22 heavy (non-hydrogen) atoms. The van der Waals surface area contributed by atoms with E-state index < -0.39 is 4.65 Å². The molecule has 2 aromatic heterocycles. The van der Waals surface area contributed by atoms with Crippen LogP contribution in [-0.2, 0) is 13.0 Å². The van der Waals surface area contributed by atoms with E-state index >= 15 is 0 Å². The second kappa shape index (κ2) is 6.27. The maximum atomic E-state index is 13.3. The van der Waals surface area contributed by atoms with Gasteiger partial charge in [0.25, 0.3) is 0 Å². The van der Waals surface area contributed by atoms with Crippen molar-refractivity contribution in [3.05, 3.63) is 47.0 Å². The Hall–Kier alpha value is -1.58. The van der Waals surface area contributed by atoms with Crippen LogP contribution in [0.25, 0.3) is 0 Å². The summed E-state index contributed by atoms with van der Waals surface area (Å²) in [5.74, 6) is 0.811. The number of nitrogens with zero attached hydrogens (tertiary/aromatic N) is 4. The summed E-state index contributed by atoms with van der Waals surface area (Å²) in [6.45, 7) is 5.22. The lowest BCUT2D eigenvalue weighted by Gasteiger charge is -2.39. The number of quaternary nitrogens is 1. The molecule has 0 spiro atoms. The number of nitrogens with one attached hydrogen (secondary N) is 1. The Balaban J connectivity index is 1.76. The van der Waals surface area contributed by atoms with Crippen LogP contribution in [0.3, 0.4) is 0 Å². The zero-order valence-corrected chi connectivity index (χ0v) is 13.3.